The first kappa shape index (κ1) is 16.3. The SMILES string of the molecule is Cn1c(=O)c(CN2C(=O)C3(CCNC3)c3ccccc32)cc2ccccc21. The summed E-state index contributed by atoms with van der Waals surface area (Å²) in [6.45, 7) is 1.80. The van der Waals surface area contributed by atoms with E-state index < -0.39 is 5.41 Å². The molecule has 0 bridgehead atoms. The van der Waals surface area contributed by atoms with Gasteiger partial charge in [-0.2, -0.15) is 0 Å². The van der Waals surface area contributed by atoms with Crippen molar-refractivity contribution in [2.45, 2.75) is 18.4 Å². The molecule has 1 saturated heterocycles. The molecule has 27 heavy (non-hydrogen) atoms. The van der Waals surface area contributed by atoms with Gasteiger partial charge in [0.05, 0.1) is 17.5 Å². The Kier molecular flexibility index (Phi) is 3.49. The molecule has 3 heterocycles. The van der Waals surface area contributed by atoms with E-state index in [9.17, 15) is 9.59 Å². The number of fused-ring (bicyclic) bond motifs is 3. The van der Waals surface area contributed by atoms with E-state index >= 15 is 0 Å². The van der Waals surface area contributed by atoms with Crippen LogP contribution in [0.25, 0.3) is 10.9 Å². The van der Waals surface area contributed by atoms with Crippen molar-refractivity contribution in [1.29, 1.82) is 0 Å². The molecule has 0 radical (unpaired) electrons. The van der Waals surface area contributed by atoms with Gasteiger partial charge in [0, 0.05) is 24.8 Å². The fourth-order valence-corrected chi connectivity index (χ4v) is 4.63. The van der Waals surface area contributed by atoms with Crippen molar-refractivity contribution in [3.63, 3.8) is 0 Å². The lowest BCUT2D eigenvalue weighted by Gasteiger charge is -2.23. The van der Waals surface area contributed by atoms with Crippen LogP contribution in [0.3, 0.4) is 0 Å². The number of aryl methyl sites for hydroxylation is 1. The molecule has 3 aromatic rings. The minimum absolute atomic E-state index is 0.0514. The molecule has 0 aliphatic carbocycles. The summed E-state index contributed by atoms with van der Waals surface area (Å²) in [6, 6.07) is 17.8. The second-order valence-corrected chi connectivity index (χ2v) is 7.51. The van der Waals surface area contributed by atoms with Crippen LogP contribution in [0.2, 0.25) is 0 Å². The summed E-state index contributed by atoms with van der Waals surface area (Å²) in [6.07, 6.45) is 0.801. The quantitative estimate of drug-likeness (QED) is 0.764. The van der Waals surface area contributed by atoms with Crippen LogP contribution in [0.1, 0.15) is 17.5 Å². The van der Waals surface area contributed by atoms with Crippen LogP contribution in [-0.2, 0) is 23.8 Å². The number of hydrogen-bond acceptors (Lipinski definition) is 3. The monoisotopic (exact) mass is 359 g/mol. The first-order chi connectivity index (χ1) is 13.1. The molecular formula is C22H21N3O2. The number of hydrogen-bond donors (Lipinski definition) is 1. The number of nitrogens with one attached hydrogen (secondary N) is 1. The smallest absolute Gasteiger partial charge is 0.255 e. The molecule has 2 aliphatic heterocycles. The van der Waals surface area contributed by atoms with E-state index in [4.69, 9.17) is 0 Å². The van der Waals surface area contributed by atoms with Gasteiger partial charge in [0.1, 0.15) is 0 Å². The fraction of sp³-hybridized carbons (Fsp3) is 0.273. The van der Waals surface area contributed by atoms with Gasteiger partial charge in [-0.1, -0.05) is 36.4 Å². The highest BCUT2D eigenvalue weighted by Crippen LogP contribution is 2.45. The second-order valence-electron chi connectivity index (χ2n) is 7.51. The van der Waals surface area contributed by atoms with E-state index in [2.05, 4.69) is 11.4 Å². The number of carbonyl (C=O) groups excluding carboxylic acids is 1. The molecule has 5 heteroatoms. The Hall–Kier alpha value is -2.92. The van der Waals surface area contributed by atoms with Gasteiger partial charge >= 0.3 is 0 Å². The van der Waals surface area contributed by atoms with Crippen LogP contribution in [0.15, 0.2) is 59.4 Å². The van der Waals surface area contributed by atoms with Crippen LogP contribution in [0.5, 0.6) is 0 Å². The highest BCUT2D eigenvalue weighted by molar-refractivity contribution is 6.08. The largest absolute Gasteiger partial charge is 0.315 e. The maximum absolute atomic E-state index is 13.4. The van der Waals surface area contributed by atoms with E-state index in [1.807, 2.05) is 48.5 Å². The van der Waals surface area contributed by atoms with E-state index in [0.29, 0.717) is 18.7 Å². The topological polar surface area (TPSA) is 54.3 Å². The predicted molar refractivity (Wildman–Crippen MR) is 106 cm³/mol. The van der Waals surface area contributed by atoms with E-state index in [-0.39, 0.29) is 11.5 Å². The molecule has 2 aromatic carbocycles. The van der Waals surface area contributed by atoms with Gasteiger partial charge in [0.2, 0.25) is 5.91 Å². The maximum Gasteiger partial charge on any atom is 0.255 e. The lowest BCUT2D eigenvalue weighted by atomic mass is 9.81. The molecule has 136 valence electrons. The first-order valence-corrected chi connectivity index (χ1v) is 9.32. The van der Waals surface area contributed by atoms with Gasteiger partial charge in [0.25, 0.3) is 5.56 Å². The average Bonchev–Trinajstić information content (AvgIpc) is 3.27. The fourth-order valence-electron chi connectivity index (χ4n) is 4.63. The molecule has 1 atom stereocenters. The van der Waals surface area contributed by atoms with Gasteiger partial charge in [-0.3, -0.25) is 9.59 Å². The number of nitrogens with zero attached hydrogens (tertiary/aromatic N) is 2. The Balaban J connectivity index is 1.63. The number of pyridine rings is 1. The van der Waals surface area contributed by atoms with Crippen molar-refractivity contribution in [2.24, 2.45) is 7.05 Å². The number of carbonyl (C=O) groups is 1. The summed E-state index contributed by atoms with van der Waals surface area (Å²) in [7, 11) is 1.79. The van der Waals surface area contributed by atoms with Crippen molar-refractivity contribution in [3.8, 4) is 0 Å². The number of amides is 1. The standard InChI is InChI=1S/C22H21N3O2/c1-24-18-8-4-2-6-15(18)12-16(20(24)26)13-25-19-9-5-3-7-17(19)22(21(25)27)10-11-23-14-22/h2-9,12,23H,10-11,13-14H2,1H3. The molecule has 1 amide bonds. The number of aromatic nitrogens is 1. The zero-order chi connectivity index (χ0) is 18.6. The summed E-state index contributed by atoms with van der Waals surface area (Å²) < 4.78 is 1.67. The minimum Gasteiger partial charge on any atom is -0.315 e. The van der Waals surface area contributed by atoms with Crippen molar-refractivity contribution >= 4 is 22.5 Å². The summed E-state index contributed by atoms with van der Waals surface area (Å²) in [5.41, 5.74) is 3.01. The predicted octanol–water partition coefficient (Wildman–Crippen LogP) is 2.32. The van der Waals surface area contributed by atoms with Gasteiger partial charge < -0.3 is 14.8 Å². The minimum atomic E-state index is -0.487. The third kappa shape index (κ3) is 2.21. The Labute approximate surface area is 157 Å². The highest BCUT2D eigenvalue weighted by Gasteiger charge is 2.52. The van der Waals surface area contributed by atoms with E-state index in [1.165, 1.54) is 0 Å². The molecule has 1 aromatic heterocycles. The third-order valence-electron chi connectivity index (χ3n) is 6.06. The number of benzene rings is 2. The van der Waals surface area contributed by atoms with E-state index in [0.717, 1.165) is 35.1 Å². The Morgan fingerprint density at radius 2 is 1.85 bits per heavy atom. The lowest BCUT2D eigenvalue weighted by Crippen LogP contribution is -2.42. The van der Waals surface area contributed by atoms with Gasteiger partial charge in [-0.15, -0.1) is 0 Å². The zero-order valence-corrected chi connectivity index (χ0v) is 15.2. The third-order valence-corrected chi connectivity index (χ3v) is 6.06. The van der Waals surface area contributed by atoms with E-state index in [1.54, 1.807) is 16.5 Å². The Morgan fingerprint density at radius 3 is 2.67 bits per heavy atom. The maximum atomic E-state index is 13.4. The van der Waals surface area contributed by atoms with Crippen molar-refractivity contribution in [3.05, 3.63) is 76.1 Å². The Bertz CT molecular complexity index is 1130. The van der Waals surface area contributed by atoms with Crippen LogP contribution >= 0.6 is 0 Å². The normalized spacial score (nSPS) is 21.4. The molecule has 2 aliphatic rings. The molecule has 1 N–H and O–H groups in total. The van der Waals surface area contributed by atoms with Crippen molar-refractivity contribution in [1.82, 2.24) is 9.88 Å². The van der Waals surface area contributed by atoms with Crippen LogP contribution < -0.4 is 15.8 Å². The lowest BCUT2D eigenvalue weighted by molar-refractivity contribution is -0.122. The van der Waals surface area contributed by atoms with Crippen molar-refractivity contribution < 1.29 is 4.79 Å². The highest BCUT2D eigenvalue weighted by atomic mass is 16.2. The summed E-state index contributed by atoms with van der Waals surface area (Å²) in [4.78, 5) is 28.1. The first-order valence-electron chi connectivity index (χ1n) is 9.32. The molecule has 5 rings (SSSR count). The zero-order valence-electron chi connectivity index (χ0n) is 15.2. The number of anilines is 1. The number of rotatable bonds is 2. The molecule has 1 fully saturated rings. The van der Waals surface area contributed by atoms with Crippen LogP contribution in [0.4, 0.5) is 5.69 Å². The molecule has 1 unspecified atom stereocenters. The summed E-state index contributed by atoms with van der Waals surface area (Å²) in [5, 5.41) is 4.35. The molecule has 0 saturated carbocycles. The van der Waals surface area contributed by atoms with Gasteiger partial charge in [-0.25, -0.2) is 0 Å². The summed E-state index contributed by atoms with van der Waals surface area (Å²) in [5.74, 6) is 0.101. The average molecular weight is 359 g/mol. The van der Waals surface area contributed by atoms with Gasteiger partial charge in [0.15, 0.2) is 0 Å². The Morgan fingerprint density at radius 1 is 1.07 bits per heavy atom. The van der Waals surface area contributed by atoms with Crippen LogP contribution in [0, 0.1) is 0 Å². The summed E-state index contributed by atoms with van der Waals surface area (Å²) >= 11 is 0. The van der Waals surface area contributed by atoms with Crippen LogP contribution in [-0.4, -0.2) is 23.6 Å². The molecular weight excluding hydrogens is 338 g/mol. The van der Waals surface area contributed by atoms with Gasteiger partial charge in [-0.05, 0) is 42.1 Å². The molecule has 5 nitrogen and oxygen atoms in total. The molecule has 1 spiro atoms. The van der Waals surface area contributed by atoms with Crippen molar-refractivity contribution in [2.75, 3.05) is 18.0 Å². The second kappa shape index (κ2) is 5.79. The number of para-hydroxylation sites is 2.